The molecule has 0 N–H and O–H groups in total. The van der Waals surface area contributed by atoms with Crippen LogP contribution in [0.2, 0.25) is 0 Å². The number of carbonyl (C=O) groups excluding carboxylic acids is 2. The van der Waals surface area contributed by atoms with Crippen LogP contribution in [0.3, 0.4) is 0 Å². The topological polar surface area (TPSA) is 111 Å². The van der Waals surface area contributed by atoms with Crippen molar-refractivity contribution < 1.29 is 42.1 Å². The van der Waals surface area contributed by atoms with Gasteiger partial charge in [-0.15, -0.1) is 0 Å². The molecule has 0 aromatic heterocycles. The summed E-state index contributed by atoms with van der Waals surface area (Å²) < 4.78 is 34.3. The van der Waals surface area contributed by atoms with Gasteiger partial charge in [0.25, 0.3) is 7.82 Å². The van der Waals surface area contributed by atoms with Gasteiger partial charge in [0.05, 0.1) is 27.7 Å². The molecule has 0 spiro atoms. The van der Waals surface area contributed by atoms with Crippen molar-refractivity contribution in [2.24, 2.45) is 0 Å². The molecule has 0 aliphatic heterocycles. The van der Waals surface area contributed by atoms with E-state index in [1.165, 1.54) is 161 Å². The number of likely N-dealkylation sites (N-methyl/N-ethyl adjacent to an activating group) is 1. The highest BCUT2D eigenvalue weighted by atomic mass is 31.2. The molecule has 0 radical (unpaired) electrons. The van der Waals surface area contributed by atoms with E-state index in [1.54, 1.807) is 0 Å². The number of nitrogens with zero attached hydrogens (tertiary/aromatic N) is 1. The predicted molar refractivity (Wildman–Crippen MR) is 369 cm³/mol. The molecule has 2 unspecified atom stereocenters. The van der Waals surface area contributed by atoms with E-state index >= 15 is 0 Å². The molecule has 2 atom stereocenters. The SMILES string of the molecule is CC/C=C\C/C=C\C/C=C\C/C=C\C/C=C\C/C=C\C/C=C\C/C=C\C/C=C\CCCCCCCCCCCC(=O)OC(COC(=O)CCCCCCCCCCCCCCC/C=C\CCCCCCCCCC)COP(=O)([O-])OCC[N+](C)(C)C. The van der Waals surface area contributed by atoms with Crippen LogP contribution in [-0.2, 0) is 32.7 Å². The number of hydrogen-bond donors (Lipinski definition) is 0. The van der Waals surface area contributed by atoms with Crippen LogP contribution < -0.4 is 4.89 Å². The van der Waals surface area contributed by atoms with E-state index in [2.05, 4.69) is 135 Å². The number of esters is 2. The summed E-state index contributed by atoms with van der Waals surface area (Å²) in [6.45, 7) is 4.14. The number of phosphoric ester groups is 1. The number of quaternary nitrogens is 1. The minimum atomic E-state index is -4.65. The van der Waals surface area contributed by atoms with Crippen LogP contribution in [0.15, 0.2) is 122 Å². The van der Waals surface area contributed by atoms with E-state index in [4.69, 9.17) is 18.5 Å². The minimum absolute atomic E-state index is 0.0365. The van der Waals surface area contributed by atoms with Gasteiger partial charge in [-0.2, -0.15) is 0 Å². The monoisotopic (exact) mass is 1220 g/mol. The van der Waals surface area contributed by atoms with Crippen LogP contribution in [0.25, 0.3) is 0 Å². The average molecular weight is 1220 g/mol. The lowest BCUT2D eigenvalue weighted by Gasteiger charge is -2.28. The Balaban J connectivity index is 4.10. The maximum atomic E-state index is 12.9. The first-order valence-electron chi connectivity index (χ1n) is 35.2. The molecule has 9 nitrogen and oxygen atoms in total. The zero-order chi connectivity index (χ0) is 62.6. The third-order valence-corrected chi connectivity index (χ3v) is 15.9. The first-order valence-corrected chi connectivity index (χ1v) is 36.7. The van der Waals surface area contributed by atoms with Crippen molar-refractivity contribution in [3.8, 4) is 0 Å². The van der Waals surface area contributed by atoms with Crippen molar-refractivity contribution in [3.05, 3.63) is 122 Å². The fraction of sp³-hybridized carbons (Fsp3) is 0.711. The van der Waals surface area contributed by atoms with E-state index in [9.17, 15) is 19.0 Å². The fourth-order valence-corrected chi connectivity index (χ4v) is 10.3. The van der Waals surface area contributed by atoms with E-state index in [0.29, 0.717) is 17.4 Å². The first kappa shape index (κ1) is 82.4. The van der Waals surface area contributed by atoms with Gasteiger partial charge in [-0.25, -0.2) is 0 Å². The number of hydrogen-bond acceptors (Lipinski definition) is 8. The molecule has 0 aromatic rings. The van der Waals surface area contributed by atoms with Crippen molar-refractivity contribution in [1.82, 2.24) is 0 Å². The Kier molecular flexibility index (Phi) is 63.1. The smallest absolute Gasteiger partial charge is 0.306 e. The van der Waals surface area contributed by atoms with Crippen molar-refractivity contribution >= 4 is 19.8 Å². The molecular formula is C76H132NO8P. The molecule has 0 amide bonds. The number of carbonyl (C=O) groups is 2. The van der Waals surface area contributed by atoms with E-state index in [1.807, 2.05) is 21.1 Å². The molecule has 0 fully saturated rings. The summed E-state index contributed by atoms with van der Waals surface area (Å²) in [6.07, 6.45) is 94.1. The third-order valence-electron chi connectivity index (χ3n) is 15.0. The molecule has 0 heterocycles. The minimum Gasteiger partial charge on any atom is -0.756 e. The molecule has 0 bridgehead atoms. The van der Waals surface area contributed by atoms with Gasteiger partial charge in [-0.3, -0.25) is 14.2 Å². The lowest BCUT2D eigenvalue weighted by molar-refractivity contribution is -0.870. The second-order valence-electron chi connectivity index (χ2n) is 24.5. The third kappa shape index (κ3) is 69.5. The summed E-state index contributed by atoms with van der Waals surface area (Å²) in [5.41, 5.74) is 0. The van der Waals surface area contributed by atoms with Crippen molar-refractivity contribution in [1.29, 1.82) is 0 Å². The molecule has 0 aromatic carbocycles. The molecule has 0 aliphatic carbocycles. The molecule has 0 saturated carbocycles. The predicted octanol–water partition coefficient (Wildman–Crippen LogP) is 22.4. The highest BCUT2D eigenvalue weighted by molar-refractivity contribution is 7.45. The second kappa shape index (κ2) is 65.8. The van der Waals surface area contributed by atoms with E-state index in [-0.39, 0.29) is 32.0 Å². The van der Waals surface area contributed by atoms with Gasteiger partial charge in [0, 0.05) is 12.8 Å². The van der Waals surface area contributed by atoms with E-state index < -0.39 is 26.5 Å². The summed E-state index contributed by atoms with van der Waals surface area (Å²) in [5.74, 6) is -0.838. The Labute approximate surface area is 530 Å². The van der Waals surface area contributed by atoms with Crippen molar-refractivity contribution in [2.75, 3.05) is 47.5 Å². The molecule has 0 rings (SSSR count). The average Bonchev–Trinajstić information content (AvgIpc) is 3.67. The number of unbranched alkanes of at least 4 members (excludes halogenated alkanes) is 30. The normalized spacial score (nSPS) is 13.9. The summed E-state index contributed by atoms with van der Waals surface area (Å²) >= 11 is 0. The second-order valence-corrected chi connectivity index (χ2v) is 25.9. The number of phosphoric acid groups is 1. The zero-order valence-electron chi connectivity index (χ0n) is 56.2. The zero-order valence-corrected chi connectivity index (χ0v) is 57.1. The lowest BCUT2D eigenvalue weighted by atomic mass is 10.0. The molecule has 10 heteroatoms. The number of allylic oxidation sites excluding steroid dienone is 20. The van der Waals surface area contributed by atoms with Gasteiger partial charge in [-0.05, 0) is 109 Å². The standard InChI is InChI=1S/C76H132NO8P/c1-6-8-10-12-14-16-18-20-22-24-26-28-30-32-33-34-35-36-37-38-39-40-41-42-43-45-47-49-51-53-55-57-59-61-63-65-67-69-76(79)85-74(73-84-86(80,81)83-71-70-77(3,4)5)72-82-75(78)68-66-64-62-60-58-56-54-52-50-48-46-44-31-29-27-25-23-21-19-17-15-13-11-9-7-2/h8,10,14,16,20,22,25-28,32-33,35-36,38-39,41-42,45,47,74H,6-7,9,11-13,15,17-19,21,23-24,29-31,34,37,40,43-44,46,48-73H2,1-5H3/b10-8-,16-14-,22-20-,27-25-,28-26-,33-32-,36-35-,39-38-,42-41-,47-45-. The van der Waals surface area contributed by atoms with Gasteiger partial charge in [0.1, 0.15) is 19.8 Å². The number of rotatable bonds is 64. The molecule has 0 aliphatic rings. The van der Waals surface area contributed by atoms with Crippen LogP contribution in [0.1, 0.15) is 296 Å². The Morgan fingerprint density at radius 2 is 0.663 bits per heavy atom. The Bertz CT molecular complexity index is 1870. The van der Waals surface area contributed by atoms with Gasteiger partial charge in [-0.1, -0.05) is 296 Å². The largest absolute Gasteiger partial charge is 0.756 e. The van der Waals surface area contributed by atoms with Crippen LogP contribution >= 0.6 is 7.82 Å². The van der Waals surface area contributed by atoms with Crippen molar-refractivity contribution in [3.63, 3.8) is 0 Å². The fourth-order valence-electron chi connectivity index (χ4n) is 9.59. The van der Waals surface area contributed by atoms with Crippen LogP contribution in [0.4, 0.5) is 0 Å². The number of ether oxygens (including phenoxy) is 2. The van der Waals surface area contributed by atoms with Gasteiger partial charge in [0.2, 0.25) is 0 Å². The summed E-state index contributed by atoms with van der Waals surface area (Å²) in [6, 6.07) is 0. The quantitative estimate of drug-likeness (QED) is 0.0195. The Hall–Kier alpha value is -3.59. The highest BCUT2D eigenvalue weighted by Crippen LogP contribution is 2.38. The molecular weight excluding hydrogens is 1090 g/mol. The summed E-state index contributed by atoms with van der Waals surface area (Å²) in [4.78, 5) is 38.1. The van der Waals surface area contributed by atoms with Crippen LogP contribution in [0, 0.1) is 0 Å². The van der Waals surface area contributed by atoms with Crippen LogP contribution in [0.5, 0.6) is 0 Å². The Morgan fingerprint density at radius 3 is 1.00 bits per heavy atom. The van der Waals surface area contributed by atoms with Gasteiger partial charge < -0.3 is 27.9 Å². The first-order chi connectivity index (χ1) is 42.0. The lowest BCUT2D eigenvalue weighted by Crippen LogP contribution is -2.37. The molecule has 86 heavy (non-hydrogen) atoms. The molecule has 0 saturated heterocycles. The van der Waals surface area contributed by atoms with Gasteiger partial charge in [0.15, 0.2) is 6.10 Å². The van der Waals surface area contributed by atoms with Crippen LogP contribution in [-0.4, -0.2) is 70.0 Å². The summed E-state index contributed by atoms with van der Waals surface area (Å²) in [7, 11) is 1.16. The molecule has 494 valence electrons. The van der Waals surface area contributed by atoms with E-state index in [0.717, 1.165) is 103 Å². The maximum Gasteiger partial charge on any atom is 0.306 e. The maximum absolute atomic E-state index is 12.9. The Morgan fingerprint density at radius 1 is 0.372 bits per heavy atom. The highest BCUT2D eigenvalue weighted by Gasteiger charge is 2.22. The van der Waals surface area contributed by atoms with Gasteiger partial charge >= 0.3 is 11.9 Å². The summed E-state index contributed by atoms with van der Waals surface area (Å²) in [5, 5.41) is 0. The van der Waals surface area contributed by atoms with Crippen molar-refractivity contribution in [2.45, 2.75) is 302 Å².